The maximum atomic E-state index is 4.46. The molecule has 0 radical (unpaired) electrons. The summed E-state index contributed by atoms with van der Waals surface area (Å²) in [5.74, 6) is 1.62. The Balaban J connectivity index is 2.14. The lowest BCUT2D eigenvalue weighted by Crippen LogP contribution is -2.37. The van der Waals surface area contributed by atoms with Crippen LogP contribution in [0.3, 0.4) is 0 Å². The zero-order valence-corrected chi connectivity index (χ0v) is 11.0. The molecule has 1 aromatic heterocycles. The molecule has 1 aliphatic carbocycles. The van der Waals surface area contributed by atoms with Crippen molar-refractivity contribution in [1.82, 2.24) is 9.97 Å². The van der Waals surface area contributed by atoms with Crippen LogP contribution in [0.2, 0.25) is 0 Å². The van der Waals surface area contributed by atoms with Crippen molar-refractivity contribution in [2.45, 2.75) is 51.5 Å². The molecule has 1 saturated carbocycles. The van der Waals surface area contributed by atoms with E-state index in [0.29, 0.717) is 5.95 Å². The second-order valence-electron chi connectivity index (χ2n) is 5.21. The average Bonchev–Trinajstić information content (AvgIpc) is 2.28. The van der Waals surface area contributed by atoms with Gasteiger partial charge in [-0.2, -0.15) is 4.98 Å². The van der Waals surface area contributed by atoms with Gasteiger partial charge in [-0.05, 0) is 26.7 Å². The molecule has 94 valence electrons. The van der Waals surface area contributed by atoms with E-state index in [0.717, 1.165) is 11.5 Å². The van der Waals surface area contributed by atoms with Gasteiger partial charge in [-0.25, -0.2) is 4.98 Å². The van der Waals surface area contributed by atoms with Crippen LogP contribution in [-0.4, -0.2) is 22.6 Å². The standard InChI is InChI=1S/C13H22N4/c1-10-9-11(16-12(14-3)15-10)17-13(2)7-5-4-6-8-13/h9H,4-8H2,1-3H3,(H2,14,15,16,17). The average molecular weight is 234 g/mol. The maximum absolute atomic E-state index is 4.46. The minimum absolute atomic E-state index is 0.198. The molecule has 0 spiro atoms. The number of hydrogen-bond acceptors (Lipinski definition) is 4. The Bertz CT molecular complexity index is 383. The first-order valence-electron chi connectivity index (χ1n) is 6.43. The molecule has 4 nitrogen and oxygen atoms in total. The molecule has 0 atom stereocenters. The lowest BCUT2D eigenvalue weighted by atomic mass is 9.83. The van der Waals surface area contributed by atoms with E-state index in [2.05, 4.69) is 27.5 Å². The number of anilines is 2. The predicted octanol–water partition coefficient (Wildman–Crippen LogP) is 2.96. The Morgan fingerprint density at radius 2 is 1.88 bits per heavy atom. The number of aromatic nitrogens is 2. The van der Waals surface area contributed by atoms with Crippen LogP contribution in [0.1, 0.15) is 44.7 Å². The highest BCUT2D eigenvalue weighted by Gasteiger charge is 2.26. The summed E-state index contributed by atoms with van der Waals surface area (Å²) in [6.45, 7) is 4.29. The van der Waals surface area contributed by atoms with Crippen LogP contribution in [0, 0.1) is 6.92 Å². The van der Waals surface area contributed by atoms with E-state index in [4.69, 9.17) is 0 Å². The molecule has 17 heavy (non-hydrogen) atoms. The van der Waals surface area contributed by atoms with Crippen LogP contribution in [-0.2, 0) is 0 Å². The van der Waals surface area contributed by atoms with E-state index >= 15 is 0 Å². The van der Waals surface area contributed by atoms with Crippen LogP contribution in [0.25, 0.3) is 0 Å². The van der Waals surface area contributed by atoms with Crippen LogP contribution in [0.15, 0.2) is 6.07 Å². The van der Waals surface area contributed by atoms with Gasteiger partial charge in [0.1, 0.15) is 5.82 Å². The van der Waals surface area contributed by atoms with Gasteiger partial charge in [0.25, 0.3) is 0 Å². The van der Waals surface area contributed by atoms with E-state index in [1.54, 1.807) is 0 Å². The second kappa shape index (κ2) is 4.90. The van der Waals surface area contributed by atoms with Gasteiger partial charge >= 0.3 is 0 Å². The van der Waals surface area contributed by atoms with Crippen LogP contribution in [0.4, 0.5) is 11.8 Å². The third-order valence-electron chi connectivity index (χ3n) is 3.46. The number of nitrogens with zero attached hydrogens (tertiary/aromatic N) is 2. The molecule has 1 aliphatic rings. The monoisotopic (exact) mass is 234 g/mol. The SMILES string of the molecule is CNc1nc(C)cc(NC2(C)CCCCC2)n1. The van der Waals surface area contributed by atoms with Gasteiger partial charge in [-0.1, -0.05) is 19.3 Å². The quantitative estimate of drug-likeness (QED) is 0.844. The van der Waals surface area contributed by atoms with Crippen LogP contribution in [0.5, 0.6) is 0 Å². The molecule has 2 rings (SSSR count). The molecule has 0 aromatic carbocycles. The Morgan fingerprint density at radius 1 is 1.18 bits per heavy atom. The number of nitrogens with one attached hydrogen (secondary N) is 2. The van der Waals surface area contributed by atoms with E-state index in [9.17, 15) is 0 Å². The van der Waals surface area contributed by atoms with Crippen molar-refractivity contribution < 1.29 is 0 Å². The first kappa shape index (κ1) is 12.1. The van der Waals surface area contributed by atoms with Crippen molar-refractivity contribution in [3.05, 3.63) is 11.8 Å². The zero-order chi connectivity index (χ0) is 12.3. The normalized spacial score (nSPS) is 18.8. The summed E-state index contributed by atoms with van der Waals surface area (Å²) in [6.07, 6.45) is 6.44. The second-order valence-corrected chi connectivity index (χ2v) is 5.21. The minimum Gasteiger partial charge on any atom is -0.365 e. The first-order valence-corrected chi connectivity index (χ1v) is 6.43. The Kier molecular flexibility index (Phi) is 3.50. The summed E-state index contributed by atoms with van der Waals surface area (Å²) >= 11 is 0. The van der Waals surface area contributed by atoms with E-state index in [-0.39, 0.29) is 5.54 Å². The fourth-order valence-corrected chi connectivity index (χ4v) is 2.51. The Morgan fingerprint density at radius 3 is 2.53 bits per heavy atom. The molecule has 0 bridgehead atoms. The molecule has 0 unspecified atom stereocenters. The van der Waals surface area contributed by atoms with Crippen molar-refractivity contribution in [1.29, 1.82) is 0 Å². The van der Waals surface area contributed by atoms with Crippen molar-refractivity contribution in [2.24, 2.45) is 0 Å². The summed E-state index contributed by atoms with van der Waals surface area (Å²) in [5, 5.41) is 6.58. The number of aryl methyl sites for hydroxylation is 1. The predicted molar refractivity (Wildman–Crippen MR) is 71.4 cm³/mol. The Labute approximate surface area is 103 Å². The molecule has 4 heteroatoms. The smallest absolute Gasteiger partial charge is 0.224 e. The largest absolute Gasteiger partial charge is 0.365 e. The summed E-state index contributed by atoms with van der Waals surface area (Å²) < 4.78 is 0. The van der Waals surface area contributed by atoms with E-state index in [1.807, 2.05) is 20.0 Å². The third kappa shape index (κ3) is 3.08. The van der Waals surface area contributed by atoms with Gasteiger partial charge < -0.3 is 10.6 Å². The molecule has 1 aromatic rings. The van der Waals surface area contributed by atoms with Gasteiger partial charge in [0.2, 0.25) is 5.95 Å². The summed E-state index contributed by atoms with van der Waals surface area (Å²) in [6, 6.07) is 2.01. The topological polar surface area (TPSA) is 49.8 Å². The minimum atomic E-state index is 0.198. The van der Waals surface area contributed by atoms with Gasteiger partial charge in [-0.15, -0.1) is 0 Å². The zero-order valence-electron chi connectivity index (χ0n) is 11.0. The van der Waals surface area contributed by atoms with Crippen LogP contribution >= 0.6 is 0 Å². The molecule has 0 amide bonds. The fourth-order valence-electron chi connectivity index (χ4n) is 2.51. The fraction of sp³-hybridized carbons (Fsp3) is 0.692. The lowest BCUT2D eigenvalue weighted by Gasteiger charge is -2.35. The van der Waals surface area contributed by atoms with Crippen LogP contribution < -0.4 is 10.6 Å². The van der Waals surface area contributed by atoms with Gasteiger partial charge in [0.15, 0.2) is 0 Å². The highest BCUT2D eigenvalue weighted by Crippen LogP contribution is 2.30. The lowest BCUT2D eigenvalue weighted by molar-refractivity contribution is 0.348. The van der Waals surface area contributed by atoms with Crippen molar-refractivity contribution in [3.8, 4) is 0 Å². The highest BCUT2D eigenvalue weighted by atomic mass is 15.1. The van der Waals surface area contributed by atoms with Crippen molar-refractivity contribution in [2.75, 3.05) is 17.7 Å². The number of rotatable bonds is 3. The van der Waals surface area contributed by atoms with E-state index in [1.165, 1.54) is 32.1 Å². The molecule has 2 N–H and O–H groups in total. The summed E-state index contributed by atoms with van der Waals surface area (Å²) in [4.78, 5) is 8.76. The highest BCUT2D eigenvalue weighted by molar-refractivity contribution is 5.43. The van der Waals surface area contributed by atoms with Gasteiger partial charge in [0.05, 0.1) is 0 Å². The molecule has 0 saturated heterocycles. The van der Waals surface area contributed by atoms with Gasteiger partial charge in [-0.3, -0.25) is 0 Å². The molecule has 1 fully saturated rings. The maximum Gasteiger partial charge on any atom is 0.224 e. The number of hydrogen-bond donors (Lipinski definition) is 2. The summed E-state index contributed by atoms with van der Waals surface area (Å²) in [5.41, 5.74) is 1.19. The molecular weight excluding hydrogens is 212 g/mol. The van der Waals surface area contributed by atoms with Crippen molar-refractivity contribution >= 4 is 11.8 Å². The molecule has 1 heterocycles. The summed E-state index contributed by atoms with van der Waals surface area (Å²) in [7, 11) is 1.85. The molecular formula is C13H22N4. The van der Waals surface area contributed by atoms with Gasteiger partial charge in [0, 0.05) is 24.3 Å². The van der Waals surface area contributed by atoms with Crippen molar-refractivity contribution in [3.63, 3.8) is 0 Å². The first-order chi connectivity index (χ1) is 8.11. The van der Waals surface area contributed by atoms with E-state index < -0.39 is 0 Å². The molecule has 0 aliphatic heterocycles. The third-order valence-corrected chi connectivity index (χ3v) is 3.46. The Hall–Kier alpha value is -1.32.